The van der Waals surface area contributed by atoms with Crippen LogP contribution in [0.1, 0.15) is 33.1 Å². The third kappa shape index (κ3) is 3.06. The minimum absolute atomic E-state index is 0.0399. The van der Waals surface area contributed by atoms with Gasteiger partial charge in [0.25, 0.3) is 0 Å². The molecule has 1 rings (SSSR count). The number of carbonyl (C=O) groups is 1. The number of aliphatic hydroxyl groups excluding tert-OH is 1. The normalized spacial score (nSPS) is 21.8. The molecule has 0 bridgehead atoms. The molecule has 1 N–H and O–H groups in total. The Kier molecular flexibility index (Phi) is 3.91. The molecule has 1 fully saturated rings. The number of amides is 1. The Hall–Kier alpha value is -0.830. The summed E-state index contributed by atoms with van der Waals surface area (Å²) in [6.07, 6.45) is 4.23. The molecule has 0 spiro atoms. The smallest absolute Gasteiger partial charge is 0.223 e. The highest BCUT2D eigenvalue weighted by Crippen LogP contribution is 2.25. The number of rotatable bonds is 4. The van der Waals surface area contributed by atoms with Crippen LogP contribution in [0.4, 0.5) is 0 Å². The number of carbonyl (C=O) groups excluding carboxylic acids is 1. The van der Waals surface area contributed by atoms with E-state index < -0.39 is 0 Å². The van der Waals surface area contributed by atoms with Crippen molar-refractivity contribution >= 4 is 5.91 Å². The fourth-order valence-corrected chi connectivity index (χ4v) is 1.92. The van der Waals surface area contributed by atoms with Crippen LogP contribution in [-0.2, 0) is 4.79 Å². The van der Waals surface area contributed by atoms with Gasteiger partial charge in [0.2, 0.25) is 5.91 Å². The summed E-state index contributed by atoms with van der Waals surface area (Å²) in [5, 5.41) is 9.13. The van der Waals surface area contributed by atoms with Gasteiger partial charge in [-0.1, -0.05) is 19.9 Å². The molecule has 3 heteroatoms. The van der Waals surface area contributed by atoms with Crippen molar-refractivity contribution in [3.8, 4) is 0 Å². The van der Waals surface area contributed by atoms with E-state index in [2.05, 4.69) is 6.58 Å². The van der Waals surface area contributed by atoms with Crippen molar-refractivity contribution in [3.05, 3.63) is 12.7 Å². The lowest BCUT2D eigenvalue weighted by Crippen LogP contribution is -2.39. The van der Waals surface area contributed by atoms with Crippen LogP contribution in [0.3, 0.4) is 0 Å². The molecule has 1 aliphatic rings. The van der Waals surface area contributed by atoms with E-state index in [-0.39, 0.29) is 24.0 Å². The average Bonchev–Trinajstić information content (AvgIpc) is 2.64. The molecule has 0 aliphatic carbocycles. The molecule has 0 saturated carbocycles. The highest BCUT2D eigenvalue weighted by Gasteiger charge is 2.30. The van der Waals surface area contributed by atoms with Crippen molar-refractivity contribution in [3.63, 3.8) is 0 Å². The topological polar surface area (TPSA) is 40.5 Å². The molecule has 0 radical (unpaired) electrons. The first-order valence-corrected chi connectivity index (χ1v) is 5.54. The zero-order valence-electron chi connectivity index (χ0n) is 9.70. The van der Waals surface area contributed by atoms with Gasteiger partial charge in [-0.3, -0.25) is 4.79 Å². The second-order valence-corrected chi connectivity index (χ2v) is 4.94. The Bertz CT molecular complexity index is 248. The molecule has 86 valence electrons. The first kappa shape index (κ1) is 12.2. The second kappa shape index (κ2) is 4.79. The number of hydrogen-bond acceptors (Lipinski definition) is 2. The Morgan fingerprint density at radius 3 is 2.87 bits per heavy atom. The number of likely N-dealkylation sites (tertiary alicyclic amines) is 1. The van der Waals surface area contributed by atoms with Crippen molar-refractivity contribution in [1.29, 1.82) is 0 Å². The Morgan fingerprint density at radius 2 is 2.33 bits per heavy atom. The fraction of sp³-hybridized carbons (Fsp3) is 0.750. The van der Waals surface area contributed by atoms with Crippen LogP contribution in [0, 0.1) is 5.41 Å². The van der Waals surface area contributed by atoms with Gasteiger partial charge in [0, 0.05) is 13.0 Å². The molecule has 1 heterocycles. The first-order valence-electron chi connectivity index (χ1n) is 5.54. The van der Waals surface area contributed by atoms with E-state index in [9.17, 15) is 4.79 Å². The number of hydrogen-bond donors (Lipinski definition) is 1. The number of allylic oxidation sites excluding steroid dienone is 1. The van der Waals surface area contributed by atoms with Crippen LogP contribution in [-0.4, -0.2) is 35.1 Å². The predicted octanol–water partition coefficient (Wildman–Crippen LogP) is 1.57. The Balaban J connectivity index is 2.57. The minimum Gasteiger partial charge on any atom is -0.394 e. The molecule has 1 amide bonds. The lowest BCUT2D eigenvalue weighted by atomic mass is 9.89. The van der Waals surface area contributed by atoms with Gasteiger partial charge in [0.15, 0.2) is 0 Å². The maximum atomic E-state index is 12.0. The van der Waals surface area contributed by atoms with Gasteiger partial charge in [-0.05, 0) is 18.3 Å². The molecular formula is C12H21NO2. The van der Waals surface area contributed by atoms with Gasteiger partial charge < -0.3 is 10.0 Å². The maximum absolute atomic E-state index is 12.0. The molecule has 1 atom stereocenters. The number of nitrogens with zero attached hydrogens (tertiary/aromatic N) is 1. The van der Waals surface area contributed by atoms with Crippen LogP contribution < -0.4 is 0 Å². The van der Waals surface area contributed by atoms with E-state index in [4.69, 9.17) is 5.11 Å². The molecule has 1 aliphatic heterocycles. The van der Waals surface area contributed by atoms with Gasteiger partial charge in [0.05, 0.1) is 12.6 Å². The first-order chi connectivity index (χ1) is 7.00. The summed E-state index contributed by atoms with van der Waals surface area (Å²) in [4.78, 5) is 13.8. The van der Waals surface area contributed by atoms with Crippen LogP contribution in [0.25, 0.3) is 0 Å². The summed E-state index contributed by atoms with van der Waals surface area (Å²) in [5.41, 5.74) is -0.153. The van der Waals surface area contributed by atoms with Crippen molar-refractivity contribution < 1.29 is 9.90 Å². The molecule has 0 unspecified atom stereocenters. The zero-order valence-corrected chi connectivity index (χ0v) is 9.70. The van der Waals surface area contributed by atoms with E-state index in [0.717, 1.165) is 19.4 Å². The molecule has 0 aromatic heterocycles. The van der Waals surface area contributed by atoms with Gasteiger partial charge in [-0.25, -0.2) is 0 Å². The summed E-state index contributed by atoms with van der Waals surface area (Å²) in [6.45, 7) is 8.61. The van der Waals surface area contributed by atoms with Crippen molar-refractivity contribution in [1.82, 2.24) is 4.90 Å². The van der Waals surface area contributed by atoms with Gasteiger partial charge >= 0.3 is 0 Å². The number of aliphatic hydroxyl groups is 1. The zero-order chi connectivity index (χ0) is 11.5. The summed E-state index contributed by atoms with van der Waals surface area (Å²) in [5.74, 6) is 0.136. The molecule has 0 aromatic rings. The molecule has 15 heavy (non-hydrogen) atoms. The summed E-state index contributed by atoms with van der Waals surface area (Å²) >= 11 is 0. The standard InChI is InChI=1S/C12H21NO2/c1-4-12(2,3)8-11(15)13-7-5-6-10(13)9-14/h4,10,14H,1,5-9H2,2-3H3/t10-/m0/s1. The van der Waals surface area contributed by atoms with Crippen LogP contribution in [0.2, 0.25) is 0 Å². The quantitative estimate of drug-likeness (QED) is 0.717. The minimum atomic E-state index is -0.153. The SMILES string of the molecule is C=CC(C)(C)CC(=O)N1CCC[C@H]1CO. The van der Waals surface area contributed by atoms with Gasteiger partial charge in [0.1, 0.15) is 0 Å². The third-order valence-corrected chi connectivity index (χ3v) is 3.07. The van der Waals surface area contributed by atoms with Crippen molar-refractivity contribution in [2.75, 3.05) is 13.2 Å². The van der Waals surface area contributed by atoms with Crippen molar-refractivity contribution in [2.45, 2.75) is 39.2 Å². The van der Waals surface area contributed by atoms with E-state index in [1.54, 1.807) is 0 Å². The summed E-state index contributed by atoms with van der Waals surface area (Å²) in [6, 6.07) is 0.0399. The lowest BCUT2D eigenvalue weighted by molar-refractivity contribution is -0.134. The van der Waals surface area contributed by atoms with E-state index in [0.29, 0.717) is 6.42 Å². The predicted molar refractivity (Wildman–Crippen MR) is 60.4 cm³/mol. The highest BCUT2D eigenvalue weighted by molar-refractivity contribution is 5.77. The van der Waals surface area contributed by atoms with Crippen LogP contribution in [0.5, 0.6) is 0 Å². The van der Waals surface area contributed by atoms with Gasteiger partial charge in [-0.2, -0.15) is 0 Å². The average molecular weight is 211 g/mol. The molecule has 1 saturated heterocycles. The monoisotopic (exact) mass is 211 g/mol. The third-order valence-electron chi connectivity index (χ3n) is 3.07. The summed E-state index contributed by atoms with van der Waals surface area (Å²) in [7, 11) is 0. The van der Waals surface area contributed by atoms with E-state index >= 15 is 0 Å². The van der Waals surface area contributed by atoms with E-state index in [1.807, 2.05) is 24.8 Å². The van der Waals surface area contributed by atoms with Crippen LogP contribution >= 0.6 is 0 Å². The largest absolute Gasteiger partial charge is 0.394 e. The van der Waals surface area contributed by atoms with Crippen LogP contribution in [0.15, 0.2) is 12.7 Å². The summed E-state index contributed by atoms with van der Waals surface area (Å²) < 4.78 is 0. The maximum Gasteiger partial charge on any atom is 0.223 e. The van der Waals surface area contributed by atoms with Gasteiger partial charge in [-0.15, -0.1) is 6.58 Å². The second-order valence-electron chi connectivity index (χ2n) is 4.94. The lowest BCUT2D eigenvalue weighted by Gasteiger charge is -2.27. The van der Waals surface area contributed by atoms with Crippen molar-refractivity contribution in [2.24, 2.45) is 5.41 Å². The molecule has 3 nitrogen and oxygen atoms in total. The highest BCUT2D eigenvalue weighted by atomic mass is 16.3. The Morgan fingerprint density at radius 1 is 1.67 bits per heavy atom. The molecule has 0 aromatic carbocycles. The van der Waals surface area contributed by atoms with E-state index in [1.165, 1.54) is 0 Å². The Labute approximate surface area is 91.8 Å². The molecular weight excluding hydrogens is 190 g/mol. The fourth-order valence-electron chi connectivity index (χ4n) is 1.92.